The Labute approximate surface area is 37.4 Å². The predicted octanol–water partition coefficient (Wildman–Crippen LogP) is -0.586. The molecular formula is H4N3Zn-. The van der Waals surface area contributed by atoms with Crippen molar-refractivity contribution in [2.45, 2.75) is 0 Å². The molecule has 0 atom stereocenters. The first kappa shape index (κ1) is 8.82. The second kappa shape index (κ2) is 9.71. The van der Waals surface area contributed by atoms with Crippen LogP contribution in [0.15, 0.2) is 0 Å². The average Bonchev–Trinajstić information content (AvgIpc) is 0.918. The summed E-state index contributed by atoms with van der Waals surface area (Å²) in [5, 5.41) is 0. The second-order valence-corrected chi connectivity index (χ2v) is 0.144. The van der Waals surface area contributed by atoms with Crippen LogP contribution in [0, 0.1) is 0 Å². The Bertz CT molecular complexity index is 3.25. The predicted molar refractivity (Wildman–Crippen MR) is 11.6 cm³/mol. The van der Waals surface area contributed by atoms with Gasteiger partial charge in [-0.2, -0.15) is 0 Å². The first-order chi connectivity index (χ1) is 1.41. The van der Waals surface area contributed by atoms with Crippen LogP contribution in [0.5, 0.6) is 0 Å². The summed E-state index contributed by atoms with van der Waals surface area (Å²) in [6.07, 6.45) is 0. The molecule has 0 radical (unpaired) electrons. The van der Waals surface area contributed by atoms with Crippen LogP contribution in [0.25, 0.3) is 5.84 Å². The van der Waals surface area contributed by atoms with Crippen molar-refractivity contribution in [3.8, 4) is 0 Å². The van der Waals surface area contributed by atoms with E-state index in [1.807, 2.05) is 0 Å². The monoisotopic (exact) mass is 110 g/mol. The van der Waals surface area contributed by atoms with E-state index >= 15 is 0 Å². The average molecular weight is 111 g/mol. The number of nitrogens with one attached hydrogen (secondary N) is 2. The van der Waals surface area contributed by atoms with Crippen molar-refractivity contribution in [1.29, 1.82) is 0 Å². The zero-order chi connectivity index (χ0) is 2.71. The van der Waals surface area contributed by atoms with E-state index in [9.17, 15) is 0 Å². The van der Waals surface area contributed by atoms with Crippen molar-refractivity contribution in [2.24, 2.45) is 5.84 Å². The van der Waals surface area contributed by atoms with Gasteiger partial charge in [0.05, 0.1) is 0 Å². The molecule has 3 nitrogen and oxygen atoms in total. The van der Waals surface area contributed by atoms with Gasteiger partial charge < -0.3 is 11.4 Å². The van der Waals surface area contributed by atoms with Gasteiger partial charge in [-0.3, -0.25) is 5.84 Å². The third-order valence-corrected chi connectivity index (χ3v) is 0. The number of nitrogens with two attached hydrogens (primary N) is 1. The zero-order valence-electron chi connectivity index (χ0n) is 2.28. The van der Waals surface area contributed by atoms with Crippen molar-refractivity contribution >= 4 is 0 Å². The van der Waals surface area contributed by atoms with Crippen LogP contribution in [-0.2, 0) is 19.5 Å². The Hall–Kier alpha value is 0.503. The fourth-order valence-corrected chi connectivity index (χ4v) is 0. The minimum Gasteiger partial charge on any atom is -0.598 e. The third-order valence-electron chi connectivity index (χ3n) is 0. The Balaban J connectivity index is 0. The largest absolute Gasteiger partial charge is 0.598 e. The molecule has 0 saturated heterocycles. The topological polar surface area (TPSA) is 61.8 Å². The van der Waals surface area contributed by atoms with Crippen LogP contribution in [0.4, 0.5) is 0 Å². The van der Waals surface area contributed by atoms with Crippen LogP contribution >= 0.6 is 0 Å². The Kier molecular flexibility index (Phi) is 21.4. The van der Waals surface area contributed by atoms with Crippen molar-refractivity contribution < 1.29 is 19.5 Å². The Morgan fingerprint density at radius 3 is 1.75 bits per heavy atom. The maximum absolute atomic E-state index is 5.74. The summed E-state index contributed by atoms with van der Waals surface area (Å²) in [4.78, 5) is 0. The molecule has 4 heavy (non-hydrogen) atoms. The van der Waals surface area contributed by atoms with E-state index in [2.05, 4.69) is 5.84 Å². The number of hydrazine groups is 1. The first-order valence-electron chi connectivity index (χ1n) is 0.539. The normalized spacial score (nSPS) is 4.50. The van der Waals surface area contributed by atoms with Gasteiger partial charge in [-0.1, -0.05) is 0 Å². The molecular weight excluding hydrogens is 107 g/mol. The smallest absolute Gasteiger partial charge is 0 e. The van der Waals surface area contributed by atoms with E-state index < -0.39 is 0 Å². The molecule has 0 aromatic carbocycles. The molecule has 0 fully saturated rings. The molecule has 0 heterocycles. The molecule has 0 aliphatic rings. The summed E-state index contributed by atoms with van der Waals surface area (Å²) >= 11 is 0. The minimum absolute atomic E-state index is 0. The molecule has 4 heteroatoms. The van der Waals surface area contributed by atoms with Gasteiger partial charge in [0.2, 0.25) is 0 Å². The number of rotatable bonds is 0. The maximum atomic E-state index is 5.74. The van der Waals surface area contributed by atoms with Gasteiger partial charge in [0.1, 0.15) is 0 Å². The van der Waals surface area contributed by atoms with E-state index in [1.54, 1.807) is 0 Å². The zero-order valence-corrected chi connectivity index (χ0v) is 5.25. The minimum atomic E-state index is 0. The molecule has 0 aromatic rings. The van der Waals surface area contributed by atoms with Crippen LogP contribution < -0.4 is 11.4 Å². The van der Waals surface area contributed by atoms with Crippen molar-refractivity contribution in [3.63, 3.8) is 0 Å². The van der Waals surface area contributed by atoms with Gasteiger partial charge in [-0.15, -0.1) is 0 Å². The summed E-state index contributed by atoms with van der Waals surface area (Å²) in [5.74, 6) is 10.0. The standard InChI is InChI=1S/H4N3.Zn/c1-3-2;/h1,3H,2H2;/q-1;. The van der Waals surface area contributed by atoms with E-state index in [-0.39, 0.29) is 19.5 Å². The fourth-order valence-electron chi connectivity index (χ4n) is 0. The summed E-state index contributed by atoms with van der Waals surface area (Å²) in [6, 6.07) is 0. The van der Waals surface area contributed by atoms with E-state index in [1.165, 1.54) is 5.53 Å². The molecule has 22 valence electrons. The van der Waals surface area contributed by atoms with Gasteiger partial charge in [-0.05, 0) is 0 Å². The number of hydrogen-bond donors (Lipinski definition) is 2. The molecule has 0 bridgehead atoms. The van der Waals surface area contributed by atoms with Crippen LogP contribution in [-0.4, -0.2) is 0 Å². The maximum Gasteiger partial charge on any atom is 0 e. The fraction of sp³-hybridized carbons (Fsp3) is 0. The van der Waals surface area contributed by atoms with Crippen molar-refractivity contribution in [3.05, 3.63) is 5.84 Å². The molecule has 4 N–H and O–H groups in total. The molecule has 0 aliphatic carbocycles. The van der Waals surface area contributed by atoms with E-state index in [0.29, 0.717) is 0 Å². The van der Waals surface area contributed by atoms with Gasteiger partial charge in [-0.25, -0.2) is 0 Å². The van der Waals surface area contributed by atoms with Crippen LogP contribution in [0.2, 0.25) is 0 Å². The SMILES string of the molecule is [NH-]NN.[Zn]. The molecule has 0 aliphatic heterocycles. The Morgan fingerprint density at radius 1 is 1.75 bits per heavy atom. The van der Waals surface area contributed by atoms with Crippen molar-refractivity contribution in [2.75, 3.05) is 0 Å². The quantitative estimate of drug-likeness (QED) is 0.249. The van der Waals surface area contributed by atoms with Crippen LogP contribution in [0.3, 0.4) is 0 Å². The van der Waals surface area contributed by atoms with Gasteiger partial charge in [0.15, 0.2) is 0 Å². The molecule has 0 rings (SSSR count). The third kappa shape index (κ3) is 22.3. The van der Waals surface area contributed by atoms with Gasteiger partial charge in [0.25, 0.3) is 0 Å². The van der Waals surface area contributed by atoms with Crippen molar-refractivity contribution in [1.82, 2.24) is 5.53 Å². The molecule has 0 amide bonds. The summed E-state index contributed by atoms with van der Waals surface area (Å²) < 4.78 is 0. The first-order valence-corrected chi connectivity index (χ1v) is 0.539. The van der Waals surface area contributed by atoms with E-state index in [4.69, 9.17) is 5.84 Å². The van der Waals surface area contributed by atoms with Gasteiger partial charge in [0, 0.05) is 19.5 Å². The summed E-state index contributed by atoms with van der Waals surface area (Å²) in [5.41, 5.74) is 1.50. The van der Waals surface area contributed by atoms with E-state index in [0.717, 1.165) is 0 Å². The molecule has 0 unspecified atom stereocenters. The molecule has 0 spiro atoms. The molecule has 0 aromatic heterocycles. The van der Waals surface area contributed by atoms with Gasteiger partial charge >= 0.3 is 0 Å². The Morgan fingerprint density at radius 2 is 1.75 bits per heavy atom. The van der Waals surface area contributed by atoms with Crippen LogP contribution in [0.1, 0.15) is 0 Å². The summed E-state index contributed by atoms with van der Waals surface area (Å²) in [7, 11) is 0. The summed E-state index contributed by atoms with van der Waals surface area (Å²) in [6.45, 7) is 0. The number of hydrogen-bond acceptors (Lipinski definition) is 2. The molecule has 0 saturated carbocycles. The second-order valence-electron chi connectivity index (χ2n) is 0.144.